The minimum absolute atomic E-state index is 0. The third-order valence-corrected chi connectivity index (χ3v) is 3.27. The van der Waals surface area contributed by atoms with Gasteiger partial charge in [0.2, 0.25) is 0 Å². The molecule has 1 saturated heterocycles. The maximum Gasteiger partial charge on any atom is 0.122 e. The molecule has 0 aliphatic carbocycles. The fraction of sp³-hybridized carbons (Fsp3) is 0.625. The molecule has 1 aliphatic heterocycles. The van der Waals surface area contributed by atoms with Gasteiger partial charge < -0.3 is 14.2 Å². The molecule has 120 valence electrons. The number of benzene rings is 1. The molecular formula is C16H26ClNO3. The largest absolute Gasteiger partial charge is 0.493 e. The Kier molecular flexibility index (Phi) is 9.22. The van der Waals surface area contributed by atoms with Gasteiger partial charge in [-0.15, -0.1) is 12.4 Å². The van der Waals surface area contributed by atoms with E-state index in [4.69, 9.17) is 14.2 Å². The van der Waals surface area contributed by atoms with Gasteiger partial charge in [0, 0.05) is 25.7 Å². The lowest BCUT2D eigenvalue weighted by molar-refractivity contribution is 0.0358. The van der Waals surface area contributed by atoms with Crippen LogP contribution < -0.4 is 9.47 Å². The van der Waals surface area contributed by atoms with Gasteiger partial charge in [-0.3, -0.25) is 4.90 Å². The van der Waals surface area contributed by atoms with Gasteiger partial charge in [0.25, 0.3) is 0 Å². The van der Waals surface area contributed by atoms with Crippen molar-refractivity contribution in [3.63, 3.8) is 0 Å². The molecule has 0 amide bonds. The van der Waals surface area contributed by atoms with Crippen molar-refractivity contribution in [2.75, 3.05) is 46.1 Å². The van der Waals surface area contributed by atoms with Crippen LogP contribution in [0, 0.1) is 0 Å². The molecule has 0 aromatic heterocycles. The second-order valence-electron chi connectivity index (χ2n) is 4.98. The van der Waals surface area contributed by atoms with Crippen molar-refractivity contribution < 1.29 is 14.2 Å². The van der Waals surface area contributed by atoms with Crippen LogP contribution in [-0.2, 0) is 4.74 Å². The van der Waals surface area contributed by atoms with Gasteiger partial charge in [-0.25, -0.2) is 0 Å². The number of morpholine rings is 1. The lowest BCUT2D eigenvalue weighted by Gasteiger charge is -2.26. The highest BCUT2D eigenvalue weighted by Gasteiger charge is 2.09. The summed E-state index contributed by atoms with van der Waals surface area (Å²) < 4.78 is 16.7. The van der Waals surface area contributed by atoms with Gasteiger partial charge in [0.05, 0.1) is 26.4 Å². The molecule has 1 fully saturated rings. The van der Waals surface area contributed by atoms with Crippen LogP contribution in [0.4, 0.5) is 0 Å². The highest BCUT2D eigenvalue weighted by molar-refractivity contribution is 5.85. The first-order valence-corrected chi connectivity index (χ1v) is 7.54. The third kappa shape index (κ3) is 7.02. The standard InChI is InChI=1S/C16H25NO3.ClH/c1-2-10-19-15-5-3-6-16(14-15)20-11-4-7-17-8-12-18-13-9-17;/h3,5-6,14H,2,4,7-13H2,1H3;1H. The van der Waals surface area contributed by atoms with Crippen LogP contribution in [0.2, 0.25) is 0 Å². The third-order valence-electron chi connectivity index (χ3n) is 3.27. The molecule has 0 spiro atoms. The van der Waals surface area contributed by atoms with Gasteiger partial charge in [0.15, 0.2) is 0 Å². The number of halogens is 1. The quantitative estimate of drug-likeness (QED) is 0.690. The number of nitrogens with zero attached hydrogens (tertiary/aromatic N) is 1. The second-order valence-corrected chi connectivity index (χ2v) is 4.98. The Bertz CT molecular complexity index is 384. The summed E-state index contributed by atoms with van der Waals surface area (Å²) in [5.74, 6) is 1.78. The molecule has 1 aliphatic rings. The fourth-order valence-electron chi connectivity index (χ4n) is 2.18. The Morgan fingerprint density at radius 1 is 1.10 bits per heavy atom. The lowest BCUT2D eigenvalue weighted by Crippen LogP contribution is -2.37. The van der Waals surface area contributed by atoms with E-state index in [1.807, 2.05) is 24.3 Å². The van der Waals surface area contributed by atoms with Gasteiger partial charge in [-0.1, -0.05) is 13.0 Å². The van der Waals surface area contributed by atoms with Crippen LogP contribution >= 0.6 is 12.4 Å². The van der Waals surface area contributed by atoms with E-state index in [1.165, 1.54) is 0 Å². The van der Waals surface area contributed by atoms with Crippen LogP contribution in [0.1, 0.15) is 19.8 Å². The molecule has 1 heterocycles. The van der Waals surface area contributed by atoms with Crippen molar-refractivity contribution in [2.45, 2.75) is 19.8 Å². The maximum atomic E-state index is 5.78. The highest BCUT2D eigenvalue weighted by atomic mass is 35.5. The summed E-state index contributed by atoms with van der Waals surface area (Å²) in [5.41, 5.74) is 0. The first-order valence-electron chi connectivity index (χ1n) is 7.54. The maximum absolute atomic E-state index is 5.78. The van der Waals surface area contributed by atoms with Crippen molar-refractivity contribution in [1.82, 2.24) is 4.90 Å². The zero-order chi connectivity index (χ0) is 14.0. The molecule has 0 radical (unpaired) electrons. The molecule has 0 saturated carbocycles. The Balaban J connectivity index is 0.00000220. The molecule has 21 heavy (non-hydrogen) atoms. The fourth-order valence-corrected chi connectivity index (χ4v) is 2.18. The molecule has 1 aromatic rings. The smallest absolute Gasteiger partial charge is 0.122 e. The first-order chi connectivity index (χ1) is 9.88. The number of hydrogen-bond donors (Lipinski definition) is 0. The van der Waals surface area contributed by atoms with E-state index < -0.39 is 0 Å². The predicted octanol–water partition coefficient (Wildman–Crippen LogP) is 3.00. The Hall–Kier alpha value is -0.970. The van der Waals surface area contributed by atoms with Gasteiger partial charge in [-0.05, 0) is 25.0 Å². The normalized spacial score (nSPS) is 15.3. The van der Waals surface area contributed by atoms with Crippen molar-refractivity contribution in [2.24, 2.45) is 0 Å². The highest BCUT2D eigenvalue weighted by Crippen LogP contribution is 2.19. The molecular weight excluding hydrogens is 290 g/mol. The van der Waals surface area contributed by atoms with E-state index in [0.29, 0.717) is 0 Å². The summed E-state index contributed by atoms with van der Waals surface area (Å²) in [5, 5.41) is 0. The average Bonchev–Trinajstić information content (AvgIpc) is 2.51. The monoisotopic (exact) mass is 315 g/mol. The molecule has 2 rings (SSSR count). The SMILES string of the molecule is CCCOc1cccc(OCCCN2CCOCC2)c1.Cl. The van der Waals surface area contributed by atoms with E-state index in [1.54, 1.807) is 0 Å². The summed E-state index contributed by atoms with van der Waals surface area (Å²) in [6.45, 7) is 8.48. The Labute approximate surface area is 133 Å². The molecule has 1 aromatic carbocycles. The molecule has 0 N–H and O–H groups in total. The minimum atomic E-state index is 0. The van der Waals surface area contributed by atoms with Crippen LogP contribution in [0.15, 0.2) is 24.3 Å². The predicted molar refractivity (Wildman–Crippen MR) is 86.8 cm³/mol. The Morgan fingerprint density at radius 2 is 1.76 bits per heavy atom. The van der Waals surface area contributed by atoms with E-state index >= 15 is 0 Å². The number of ether oxygens (including phenoxy) is 3. The summed E-state index contributed by atoms with van der Waals surface area (Å²) >= 11 is 0. The number of rotatable bonds is 8. The Morgan fingerprint density at radius 3 is 2.43 bits per heavy atom. The first kappa shape index (κ1) is 18.1. The van der Waals surface area contributed by atoms with Gasteiger partial charge in [-0.2, -0.15) is 0 Å². The van der Waals surface area contributed by atoms with Crippen molar-refractivity contribution >= 4 is 12.4 Å². The molecule has 4 nitrogen and oxygen atoms in total. The lowest BCUT2D eigenvalue weighted by atomic mass is 10.3. The van der Waals surface area contributed by atoms with Crippen LogP contribution in [0.3, 0.4) is 0 Å². The molecule has 0 bridgehead atoms. The second kappa shape index (κ2) is 10.7. The van der Waals surface area contributed by atoms with Crippen molar-refractivity contribution in [3.05, 3.63) is 24.3 Å². The van der Waals surface area contributed by atoms with Crippen LogP contribution in [0.25, 0.3) is 0 Å². The molecule has 0 unspecified atom stereocenters. The van der Waals surface area contributed by atoms with E-state index in [2.05, 4.69) is 11.8 Å². The van der Waals surface area contributed by atoms with Crippen molar-refractivity contribution in [1.29, 1.82) is 0 Å². The summed E-state index contributed by atoms with van der Waals surface area (Å²) in [4.78, 5) is 2.42. The number of hydrogen-bond acceptors (Lipinski definition) is 4. The van der Waals surface area contributed by atoms with E-state index in [-0.39, 0.29) is 12.4 Å². The zero-order valence-corrected chi connectivity index (χ0v) is 13.6. The van der Waals surface area contributed by atoms with Crippen LogP contribution in [-0.4, -0.2) is 51.0 Å². The molecule has 5 heteroatoms. The van der Waals surface area contributed by atoms with E-state index in [9.17, 15) is 0 Å². The summed E-state index contributed by atoms with van der Waals surface area (Å²) in [7, 11) is 0. The molecule has 0 atom stereocenters. The average molecular weight is 316 g/mol. The van der Waals surface area contributed by atoms with Crippen molar-refractivity contribution in [3.8, 4) is 11.5 Å². The minimum Gasteiger partial charge on any atom is -0.493 e. The summed E-state index contributed by atoms with van der Waals surface area (Å²) in [6, 6.07) is 7.89. The van der Waals surface area contributed by atoms with Gasteiger partial charge >= 0.3 is 0 Å². The zero-order valence-electron chi connectivity index (χ0n) is 12.8. The van der Waals surface area contributed by atoms with Gasteiger partial charge in [0.1, 0.15) is 11.5 Å². The summed E-state index contributed by atoms with van der Waals surface area (Å²) in [6.07, 6.45) is 2.06. The van der Waals surface area contributed by atoms with E-state index in [0.717, 1.165) is 70.4 Å². The topological polar surface area (TPSA) is 30.9 Å². The van der Waals surface area contributed by atoms with Crippen LogP contribution in [0.5, 0.6) is 11.5 Å².